The molecule has 352 valence electrons. The number of ether oxygens (including phenoxy) is 4. The van der Waals surface area contributed by atoms with Crippen LogP contribution in [0.15, 0.2) is 97.1 Å². The molecular formula is C48H71Cl3N4O8. The van der Waals surface area contributed by atoms with Crippen molar-refractivity contribution in [1.82, 2.24) is 16.0 Å². The highest BCUT2D eigenvalue weighted by Crippen LogP contribution is 2.22. The zero-order valence-electron chi connectivity index (χ0n) is 38.1. The van der Waals surface area contributed by atoms with Gasteiger partial charge in [-0.1, -0.05) is 83.5 Å². The third-order valence-corrected chi connectivity index (χ3v) is 8.63. The number of rotatable bonds is 19. The van der Waals surface area contributed by atoms with E-state index < -0.39 is 23.1 Å². The van der Waals surface area contributed by atoms with E-state index in [1.807, 2.05) is 24.3 Å². The van der Waals surface area contributed by atoms with Crippen molar-refractivity contribution in [3.63, 3.8) is 0 Å². The van der Waals surface area contributed by atoms with Gasteiger partial charge in [-0.3, -0.25) is 9.59 Å². The van der Waals surface area contributed by atoms with Gasteiger partial charge < -0.3 is 40.6 Å². The van der Waals surface area contributed by atoms with Gasteiger partial charge in [0.2, 0.25) is 0 Å². The minimum atomic E-state index is -1.11. The number of likely N-dealkylation sites (N-methyl/N-ethyl adjacent to an activating group) is 1. The van der Waals surface area contributed by atoms with Crippen LogP contribution in [-0.4, -0.2) is 81.4 Å². The highest BCUT2D eigenvalue weighted by atomic mass is 35.5. The molecule has 0 aromatic heterocycles. The Balaban J connectivity index is -0.00000103. The highest BCUT2D eigenvalue weighted by molar-refractivity contribution is 6.31. The molecule has 4 aromatic carbocycles. The molecule has 0 saturated heterocycles. The van der Waals surface area contributed by atoms with Gasteiger partial charge in [-0.15, -0.1) is 12.4 Å². The molecule has 15 heteroatoms. The molecule has 0 aliphatic carbocycles. The summed E-state index contributed by atoms with van der Waals surface area (Å²) in [7, 11) is 3.04. The highest BCUT2D eigenvalue weighted by Gasteiger charge is 2.32. The molecule has 0 radical (unpaired) electrons. The summed E-state index contributed by atoms with van der Waals surface area (Å²) >= 11 is 11.6. The number of benzene rings is 4. The van der Waals surface area contributed by atoms with E-state index in [4.69, 9.17) is 50.6 Å². The van der Waals surface area contributed by atoms with Gasteiger partial charge in [0.1, 0.15) is 24.7 Å². The van der Waals surface area contributed by atoms with Crippen LogP contribution in [0.5, 0.6) is 11.5 Å². The molecular weight excluding hydrogens is 867 g/mol. The minimum Gasteiger partial charge on any atom is -0.476 e. The number of nitrogens with one attached hydrogen (secondary N) is 3. The number of carbonyl (C=O) groups is 4. The maximum Gasteiger partial charge on any atom is 0.349 e. The van der Waals surface area contributed by atoms with Crippen molar-refractivity contribution in [2.24, 2.45) is 5.73 Å². The molecule has 5 N–H and O–H groups in total. The Morgan fingerprint density at radius 3 is 1.29 bits per heavy atom. The van der Waals surface area contributed by atoms with E-state index >= 15 is 0 Å². The Hall–Kier alpha value is -4.85. The first-order valence-electron chi connectivity index (χ1n) is 20.9. The summed E-state index contributed by atoms with van der Waals surface area (Å²) in [5, 5.41) is 9.85. The fourth-order valence-corrected chi connectivity index (χ4v) is 5.17. The Morgan fingerprint density at radius 2 is 0.968 bits per heavy atom. The molecule has 4 aromatic rings. The molecule has 0 spiro atoms. The van der Waals surface area contributed by atoms with Crippen molar-refractivity contribution in [3.05, 3.63) is 129 Å². The van der Waals surface area contributed by atoms with Crippen LogP contribution in [0.4, 0.5) is 0 Å². The van der Waals surface area contributed by atoms with Gasteiger partial charge in [-0.25, -0.2) is 9.59 Å². The lowest BCUT2D eigenvalue weighted by atomic mass is 10.1. The largest absolute Gasteiger partial charge is 0.476 e. The number of nitrogens with two attached hydrogens (primary N) is 1. The Labute approximate surface area is 395 Å². The van der Waals surface area contributed by atoms with Gasteiger partial charge in [-0.05, 0) is 132 Å². The van der Waals surface area contributed by atoms with Crippen LogP contribution in [-0.2, 0) is 31.9 Å². The Morgan fingerprint density at radius 1 is 0.635 bits per heavy atom. The number of halogens is 3. The van der Waals surface area contributed by atoms with E-state index in [0.717, 1.165) is 11.1 Å². The van der Waals surface area contributed by atoms with Crippen LogP contribution in [0.25, 0.3) is 0 Å². The lowest BCUT2D eigenvalue weighted by Crippen LogP contribution is -2.40. The van der Waals surface area contributed by atoms with Gasteiger partial charge in [0.25, 0.3) is 11.8 Å². The summed E-state index contributed by atoms with van der Waals surface area (Å²) in [6, 6.07) is 28.3. The molecule has 0 bridgehead atoms. The fraction of sp³-hybridized carbons (Fsp3) is 0.417. The van der Waals surface area contributed by atoms with Crippen LogP contribution in [0.3, 0.4) is 0 Å². The molecule has 0 aliphatic heterocycles. The van der Waals surface area contributed by atoms with Crippen molar-refractivity contribution in [3.8, 4) is 11.5 Å². The first-order chi connectivity index (χ1) is 29.5. The summed E-state index contributed by atoms with van der Waals surface area (Å²) in [6.45, 7) is 11.2. The number of esters is 2. The average Bonchev–Trinajstić information content (AvgIpc) is 3.25. The van der Waals surface area contributed by atoms with Crippen molar-refractivity contribution in [2.75, 3.05) is 46.4 Å². The molecule has 63 heavy (non-hydrogen) atoms. The smallest absolute Gasteiger partial charge is 0.349 e. The molecule has 0 unspecified atom stereocenters. The van der Waals surface area contributed by atoms with Gasteiger partial charge >= 0.3 is 11.9 Å². The number of hydrogen-bond acceptors (Lipinski definition) is 10. The van der Waals surface area contributed by atoms with Crippen molar-refractivity contribution >= 4 is 59.4 Å². The Kier molecular flexibility index (Phi) is 30.2. The van der Waals surface area contributed by atoms with Crippen LogP contribution >= 0.6 is 35.6 Å². The van der Waals surface area contributed by atoms with E-state index in [0.29, 0.717) is 78.7 Å². The first-order valence-corrected chi connectivity index (χ1v) is 19.9. The normalized spacial score (nSPS) is 10.4. The standard InChI is InChI=1S/C22H27ClN2O4.C21H25ClN2O4.C2H6.3CH4.ClH/c1-22(2,21(27)28-15-14-24-3)29-19-10-4-16(5-11-19)12-13-25-20(26)17-6-8-18(23)9-7-17;1-21(2,20(26)27-14-12-23)28-18-9-3-15(4-10-18)11-13-24-19(25)16-5-7-17(22)8-6-16;1-2;;;;/h4-11,24H,12-15H2,1-3H3,(H,25,26);3-10H,11-14,23H2,1-2H3,(H,24,25);1-2H3;3*1H4;1H/i;;1D;1T;;;. The molecule has 0 aliphatic rings. The van der Waals surface area contributed by atoms with Crippen LogP contribution in [0.2, 0.25) is 10.0 Å². The molecule has 12 nitrogen and oxygen atoms in total. The zero-order valence-corrected chi connectivity index (χ0v) is 38.4. The molecule has 2 amide bonds. The predicted molar refractivity (Wildman–Crippen MR) is 261 cm³/mol. The SMILES string of the molecule is C.C.CC(C)(Oc1ccc(CCNC(=O)c2ccc(Cl)cc2)cc1)C(=O)OCCN.CNCCOC(=O)C(C)(C)Oc1ccc(CCNC(=O)c2ccc(Cl)cc2)cc1.Cl.[2H]CC.[3H]C. The Bertz CT molecular complexity index is 1910. The number of hydrogen-bond donors (Lipinski definition) is 4. The third kappa shape index (κ3) is 23.4. The maximum atomic E-state index is 12.1. The summed E-state index contributed by atoms with van der Waals surface area (Å²) in [5.41, 5.74) is 6.36. The van der Waals surface area contributed by atoms with E-state index in [-0.39, 0.29) is 52.2 Å². The summed E-state index contributed by atoms with van der Waals surface area (Å²) in [5.74, 6) is -0.0265. The van der Waals surface area contributed by atoms with Crippen molar-refractivity contribution in [1.29, 1.82) is 0 Å². The van der Waals surface area contributed by atoms with E-state index in [1.165, 1.54) is 7.40 Å². The van der Waals surface area contributed by atoms with Gasteiger partial charge in [0.05, 0.1) is 0 Å². The lowest BCUT2D eigenvalue weighted by molar-refractivity contribution is -0.159. The topological polar surface area (TPSA) is 167 Å². The second-order valence-electron chi connectivity index (χ2n) is 13.7. The minimum absolute atomic E-state index is 0. The molecule has 4 rings (SSSR count). The molecule has 0 atom stereocenters. The summed E-state index contributed by atoms with van der Waals surface area (Å²) in [6.07, 6.45) is 1.34. The van der Waals surface area contributed by atoms with Crippen LogP contribution < -0.4 is 31.2 Å². The second kappa shape index (κ2) is 32.8. The lowest BCUT2D eigenvalue weighted by Gasteiger charge is -2.24. The molecule has 0 heterocycles. The second-order valence-corrected chi connectivity index (χ2v) is 14.6. The van der Waals surface area contributed by atoms with Crippen molar-refractivity contribution in [2.45, 2.75) is 87.8 Å². The van der Waals surface area contributed by atoms with Gasteiger partial charge in [0, 0.05) is 50.1 Å². The van der Waals surface area contributed by atoms with Gasteiger partial charge in [-0.2, -0.15) is 0 Å². The van der Waals surface area contributed by atoms with E-state index in [9.17, 15) is 19.2 Å². The quantitative estimate of drug-likeness (QED) is 0.0525. The van der Waals surface area contributed by atoms with Gasteiger partial charge in [0.15, 0.2) is 11.2 Å². The van der Waals surface area contributed by atoms with E-state index in [1.54, 1.807) is 114 Å². The van der Waals surface area contributed by atoms with Crippen LogP contribution in [0, 0.1) is 0 Å². The van der Waals surface area contributed by atoms with Crippen LogP contribution in [0.1, 0.15) is 98.4 Å². The third-order valence-electron chi connectivity index (χ3n) is 8.12. The van der Waals surface area contributed by atoms with E-state index in [2.05, 4.69) is 16.0 Å². The molecule has 0 fully saturated rings. The number of amides is 2. The summed E-state index contributed by atoms with van der Waals surface area (Å²) < 4.78 is 33.7. The first kappa shape index (κ1) is 58.1. The fourth-order valence-electron chi connectivity index (χ4n) is 4.91. The zero-order chi connectivity index (χ0) is 46.6. The average molecular weight is 941 g/mol. The molecule has 0 saturated carbocycles. The predicted octanol–water partition coefficient (Wildman–Crippen LogP) is 9.56. The number of carbonyl (C=O) groups excluding carboxylic acids is 4. The van der Waals surface area contributed by atoms with Crippen molar-refractivity contribution < 1.29 is 40.9 Å². The monoisotopic (exact) mass is 939 g/mol. The maximum absolute atomic E-state index is 12.1. The summed E-state index contributed by atoms with van der Waals surface area (Å²) in [4.78, 5) is 48.3.